The third kappa shape index (κ3) is 3.57. The SMILES string of the molecule is CC/C=C/CCN1CCCC1. The van der Waals surface area contributed by atoms with Gasteiger partial charge in [-0.3, -0.25) is 0 Å². The molecule has 0 saturated carbocycles. The summed E-state index contributed by atoms with van der Waals surface area (Å²) in [4.78, 5) is 2.56. The summed E-state index contributed by atoms with van der Waals surface area (Å²) < 4.78 is 0. The third-order valence-electron chi connectivity index (χ3n) is 2.21. The predicted octanol–water partition coefficient (Wildman–Crippen LogP) is 2.44. The Morgan fingerprint density at radius 3 is 2.55 bits per heavy atom. The minimum Gasteiger partial charge on any atom is -0.303 e. The van der Waals surface area contributed by atoms with Gasteiger partial charge in [-0.05, 0) is 38.8 Å². The molecular weight excluding hydrogens is 134 g/mol. The van der Waals surface area contributed by atoms with Crippen LogP contribution in [0.2, 0.25) is 0 Å². The summed E-state index contributed by atoms with van der Waals surface area (Å²) in [6.07, 6.45) is 9.82. The van der Waals surface area contributed by atoms with E-state index in [2.05, 4.69) is 24.0 Å². The first-order chi connectivity index (χ1) is 5.43. The van der Waals surface area contributed by atoms with E-state index in [1.165, 1.54) is 45.3 Å². The van der Waals surface area contributed by atoms with Gasteiger partial charge in [-0.1, -0.05) is 19.1 Å². The Labute approximate surface area is 70.1 Å². The molecule has 1 heteroatoms. The molecule has 0 aromatic rings. The van der Waals surface area contributed by atoms with E-state index < -0.39 is 0 Å². The highest BCUT2D eigenvalue weighted by molar-refractivity contribution is 4.81. The van der Waals surface area contributed by atoms with E-state index in [-0.39, 0.29) is 0 Å². The van der Waals surface area contributed by atoms with Crippen LogP contribution in [-0.4, -0.2) is 24.5 Å². The van der Waals surface area contributed by atoms with Crippen LogP contribution in [0.15, 0.2) is 12.2 Å². The van der Waals surface area contributed by atoms with Crippen molar-refractivity contribution in [2.45, 2.75) is 32.6 Å². The molecule has 0 N–H and O–H groups in total. The molecule has 0 amide bonds. The second kappa shape index (κ2) is 5.36. The van der Waals surface area contributed by atoms with Gasteiger partial charge < -0.3 is 4.90 Å². The fraction of sp³-hybridized carbons (Fsp3) is 0.800. The van der Waals surface area contributed by atoms with Gasteiger partial charge in [-0.15, -0.1) is 0 Å². The number of hydrogen-bond donors (Lipinski definition) is 0. The zero-order valence-corrected chi connectivity index (χ0v) is 7.55. The summed E-state index contributed by atoms with van der Waals surface area (Å²) >= 11 is 0. The van der Waals surface area contributed by atoms with Gasteiger partial charge in [0.05, 0.1) is 0 Å². The lowest BCUT2D eigenvalue weighted by molar-refractivity contribution is 0.346. The molecule has 1 rings (SSSR count). The molecule has 0 unspecified atom stereocenters. The van der Waals surface area contributed by atoms with E-state index in [1.807, 2.05) is 0 Å². The molecule has 0 aromatic carbocycles. The molecule has 0 aromatic heterocycles. The van der Waals surface area contributed by atoms with E-state index in [1.54, 1.807) is 0 Å². The molecule has 1 aliphatic heterocycles. The summed E-state index contributed by atoms with van der Waals surface area (Å²) in [6.45, 7) is 6.13. The number of likely N-dealkylation sites (tertiary alicyclic amines) is 1. The van der Waals surface area contributed by atoms with Crippen molar-refractivity contribution < 1.29 is 0 Å². The lowest BCUT2D eigenvalue weighted by Crippen LogP contribution is -2.19. The standard InChI is InChI=1S/C10H19N/c1-2-3-4-5-8-11-9-6-7-10-11/h3-4H,2,5-10H2,1H3/b4-3+. The normalized spacial score (nSPS) is 20.1. The van der Waals surface area contributed by atoms with Crippen LogP contribution < -0.4 is 0 Å². The first-order valence-electron chi connectivity index (χ1n) is 4.81. The van der Waals surface area contributed by atoms with Crippen molar-refractivity contribution >= 4 is 0 Å². The quantitative estimate of drug-likeness (QED) is 0.561. The number of allylic oxidation sites excluding steroid dienone is 1. The zero-order chi connectivity index (χ0) is 7.94. The van der Waals surface area contributed by atoms with Crippen molar-refractivity contribution in [3.63, 3.8) is 0 Å². The first-order valence-corrected chi connectivity index (χ1v) is 4.81. The number of nitrogens with zero attached hydrogens (tertiary/aromatic N) is 1. The van der Waals surface area contributed by atoms with Gasteiger partial charge >= 0.3 is 0 Å². The Hall–Kier alpha value is -0.300. The summed E-state index contributed by atoms with van der Waals surface area (Å²) in [6, 6.07) is 0. The Balaban J connectivity index is 1.97. The predicted molar refractivity (Wildman–Crippen MR) is 49.7 cm³/mol. The Morgan fingerprint density at radius 2 is 1.91 bits per heavy atom. The largest absolute Gasteiger partial charge is 0.303 e. The summed E-state index contributed by atoms with van der Waals surface area (Å²) in [7, 11) is 0. The van der Waals surface area contributed by atoms with Gasteiger partial charge in [0.2, 0.25) is 0 Å². The molecule has 1 heterocycles. The lowest BCUT2D eigenvalue weighted by Gasteiger charge is -2.11. The van der Waals surface area contributed by atoms with Gasteiger partial charge in [0, 0.05) is 6.54 Å². The number of hydrogen-bond acceptors (Lipinski definition) is 1. The van der Waals surface area contributed by atoms with Crippen LogP contribution in [0.1, 0.15) is 32.6 Å². The van der Waals surface area contributed by atoms with Gasteiger partial charge in [-0.25, -0.2) is 0 Å². The zero-order valence-electron chi connectivity index (χ0n) is 7.55. The van der Waals surface area contributed by atoms with E-state index >= 15 is 0 Å². The summed E-state index contributed by atoms with van der Waals surface area (Å²) in [5.41, 5.74) is 0. The van der Waals surface area contributed by atoms with Crippen molar-refractivity contribution in [1.29, 1.82) is 0 Å². The molecule has 1 nitrogen and oxygen atoms in total. The molecule has 0 aliphatic carbocycles. The van der Waals surface area contributed by atoms with Crippen LogP contribution >= 0.6 is 0 Å². The van der Waals surface area contributed by atoms with Crippen LogP contribution in [0.5, 0.6) is 0 Å². The van der Waals surface area contributed by atoms with E-state index in [0.29, 0.717) is 0 Å². The molecule has 0 atom stereocenters. The van der Waals surface area contributed by atoms with Crippen LogP contribution in [-0.2, 0) is 0 Å². The molecule has 0 bridgehead atoms. The highest BCUT2D eigenvalue weighted by Gasteiger charge is 2.08. The molecule has 11 heavy (non-hydrogen) atoms. The average Bonchev–Trinajstić information content (AvgIpc) is 2.50. The summed E-state index contributed by atoms with van der Waals surface area (Å²) in [5, 5.41) is 0. The molecule has 1 saturated heterocycles. The van der Waals surface area contributed by atoms with Gasteiger partial charge in [0.25, 0.3) is 0 Å². The van der Waals surface area contributed by atoms with Gasteiger partial charge in [0.1, 0.15) is 0 Å². The van der Waals surface area contributed by atoms with Crippen LogP contribution in [0, 0.1) is 0 Å². The van der Waals surface area contributed by atoms with Crippen LogP contribution in [0.25, 0.3) is 0 Å². The second-order valence-electron chi connectivity index (χ2n) is 3.22. The first kappa shape index (κ1) is 8.79. The molecular formula is C10H19N. The smallest absolute Gasteiger partial charge is 0.00159 e. The van der Waals surface area contributed by atoms with Crippen LogP contribution in [0.3, 0.4) is 0 Å². The van der Waals surface area contributed by atoms with E-state index in [0.717, 1.165) is 0 Å². The molecule has 0 radical (unpaired) electrons. The minimum atomic E-state index is 1.18. The van der Waals surface area contributed by atoms with Crippen molar-refractivity contribution in [3.05, 3.63) is 12.2 Å². The maximum Gasteiger partial charge on any atom is 0.00159 e. The Kier molecular flexibility index (Phi) is 4.29. The Bertz CT molecular complexity index is 112. The summed E-state index contributed by atoms with van der Waals surface area (Å²) in [5.74, 6) is 0. The Morgan fingerprint density at radius 1 is 1.18 bits per heavy atom. The highest BCUT2D eigenvalue weighted by Crippen LogP contribution is 2.07. The topological polar surface area (TPSA) is 3.24 Å². The van der Waals surface area contributed by atoms with Crippen molar-refractivity contribution in [3.8, 4) is 0 Å². The monoisotopic (exact) mass is 153 g/mol. The molecule has 0 spiro atoms. The molecule has 1 aliphatic rings. The van der Waals surface area contributed by atoms with Gasteiger partial charge in [-0.2, -0.15) is 0 Å². The molecule has 64 valence electrons. The second-order valence-corrected chi connectivity index (χ2v) is 3.22. The van der Waals surface area contributed by atoms with E-state index in [9.17, 15) is 0 Å². The van der Waals surface area contributed by atoms with Gasteiger partial charge in [0.15, 0.2) is 0 Å². The van der Waals surface area contributed by atoms with Crippen molar-refractivity contribution in [1.82, 2.24) is 4.90 Å². The maximum atomic E-state index is 2.56. The average molecular weight is 153 g/mol. The third-order valence-corrected chi connectivity index (χ3v) is 2.21. The highest BCUT2D eigenvalue weighted by atomic mass is 15.1. The minimum absolute atomic E-state index is 1.18. The lowest BCUT2D eigenvalue weighted by atomic mass is 10.3. The van der Waals surface area contributed by atoms with Crippen LogP contribution in [0.4, 0.5) is 0 Å². The molecule has 1 fully saturated rings. The van der Waals surface area contributed by atoms with Crippen molar-refractivity contribution in [2.24, 2.45) is 0 Å². The van der Waals surface area contributed by atoms with Crippen molar-refractivity contribution in [2.75, 3.05) is 19.6 Å². The van der Waals surface area contributed by atoms with E-state index in [4.69, 9.17) is 0 Å². The number of rotatable bonds is 4. The fourth-order valence-electron chi connectivity index (χ4n) is 1.55. The fourth-order valence-corrected chi connectivity index (χ4v) is 1.55. The maximum absolute atomic E-state index is 2.56.